The molecule has 4 heterocycles. The molecule has 5 aliphatic rings. The van der Waals surface area contributed by atoms with Crippen molar-refractivity contribution in [3.8, 4) is 0 Å². The minimum atomic E-state index is -0.722. The fraction of sp³-hybridized carbons (Fsp3) is 0.419. The van der Waals surface area contributed by atoms with Gasteiger partial charge in [-0.2, -0.15) is 0 Å². The van der Waals surface area contributed by atoms with E-state index in [1.54, 1.807) is 6.20 Å². The topological polar surface area (TPSA) is 103 Å². The highest BCUT2D eigenvalue weighted by Crippen LogP contribution is 2.50. The first kappa shape index (κ1) is 25.9. The molecule has 2 aromatic rings. The molecular weight excluding hydrogens is 528 g/mol. The highest BCUT2D eigenvalue weighted by atomic mass is 19.1. The summed E-state index contributed by atoms with van der Waals surface area (Å²) in [5.74, 6) is -1.26. The third-order valence-electron chi connectivity index (χ3n) is 9.58. The van der Waals surface area contributed by atoms with Crippen LogP contribution in [0.3, 0.4) is 0 Å². The molecular formula is C31H31F2N5O3. The predicted molar refractivity (Wildman–Crippen MR) is 146 cm³/mol. The number of nitrogens with one attached hydrogen (secondary N) is 3. The summed E-state index contributed by atoms with van der Waals surface area (Å²) in [7, 11) is 0. The number of aromatic nitrogens is 1. The van der Waals surface area contributed by atoms with Crippen molar-refractivity contribution in [2.45, 2.75) is 57.4 Å². The number of benzene rings is 1. The van der Waals surface area contributed by atoms with Gasteiger partial charge in [-0.1, -0.05) is 25.0 Å². The van der Waals surface area contributed by atoms with Crippen LogP contribution in [0.15, 0.2) is 54.0 Å². The molecule has 1 saturated carbocycles. The minimum absolute atomic E-state index is 0.0607. The molecule has 3 aliphatic heterocycles. The van der Waals surface area contributed by atoms with E-state index in [-0.39, 0.29) is 18.4 Å². The zero-order valence-electron chi connectivity index (χ0n) is 22.6. The fourth-order valence-electron chi connectivity index (χ4n) is 7.61. The number of pyridine rings is 1. The van der Waals surface area contributed by atoms with Crippen molar-refractivity contribution >= 4 is 23.4 Å². The van der Waals surface area contributed by atoms with Crippen molar-refractivity contribution < 1.29 is 23.2 Å². The Balaban J connectivity index is 1.11. The summed E-state index contributed by atoms with van der Waals surface area (Å²) in [4.78, 5) is 46.3. The van der Waals surface area contributed by atoms with E-state index < -0.39 is 34.4 Å². The maximum atomic E-state index is 14.1. The summed E-state index contributed by atoms with van der Waals surface area (Å²) in [6.45, 7) is 0.422. The first-order valence-corrected chi connectivity index (χ1v) is 14.3. The number of rotatable bonds is 4. The highest BCUT2D eigenvalue weighted by molar-refractivity contribution is 5.96. The number of hydrogen-bond acceptors (Lipinski definition) is 5. The number of carbonyl (C=O) groups excluding carboxylic acids is 3. The molecule has 2 fully saturated rings. The lowest BCUT2D eigenvalue weighted by Crippen LogP contribution is -2.51. The Kier molecular flexibility index (Phi) is 5.99. The number of halogens is 2. The smallest absolute Gasteiger partial charge is 0.244 e. The third-order valence-corrected chi connectivity index (χ3v) is 9.58. The number of amides is 3. The van der Waals surface area contributed by atoms with Gasteiger partial charge < -0.3 is 20.9 Å². The number of likely N-dealkylation sites (tertiary alicyclic amines) is 1. The van der Waals surface area contributed by atoms with E-state index in [9.17, 15) is 23.2 Å². The first-order chi connectivity index (χ1) is 19.8. The van der Waals surface area contributed by atoms with Gasteiger partial charge in [0.25, 0.3) is 0 Å². The van der Waals surface area contributed by atoms with Gasteiger partial charge in [-0.3, -0.25) is 19.4 Å². The normalized spacial score (nSPS) is 25.9. The van der Waals surface area contributed by atoms with Crippen molar-refractivity contribution in [2.24, 2.45) is 10.8 Å². The second kappa shape index (κ2) is 9.49. The van der Waals surface area contributed by atoms with Crippen molar-refractivity contribution in [1.82, 2.24) is 20.5 Å². The third kappa shape index (κ3) is 4.22. The zero-order valence-corrected chi connectivity index (χ0v) is 22.6. The van der Waals surface area contributed by atoms with Gasteiger partial charge in [0, 0.05) is 35.7 Å². The van der Waals surface area contributed by atoms with Crippen molar-refractivity contribution in [3.63, 3.8) is 0 Å². The van der Waals surface area contributed by atoms with E-state index in [0.717, 1.165) is 54.4 Å². The number of anilines is 1. The number of allylic oxidation sites excluding steroid dienone is 1. The second-order valence-electron chi connectivity index (χ2n) is 12.0. The van der Waals surface area contributed by atoms with Crippen molar-refractivity contribution in [3.05, 3.63) is 82.5 Å². The van der Waals surface area contributed by atoms with E-state index in [1.807, 2.05) is 18.2 Å². The number of nitrogens with zero attached hydrogens (tertiary/aromatic N) is 2. The number of carbonyl (C=O) groups is 3. The molecule has 7 rings (SSSR count). The van der Waals surface area contributed by atoms with Crippen LogP contribution < -0.4 is 16.0 Å². The molecule has 3 amide bonds. The molecule has 1 aromatic carbocycles. The molecule has 2 spiro atoms. The van der Waals surface area contributed by atoms with Crippen LogP contribution in [0.25, 0.3) is 0 Å². The molecule has 0 bridgehead atoms. The summed E-state index contributed by atoms with van der Waals surface area (Å²) in [5.41, 5.74) is 2.23. The van der Waals surface area contributed by atoms with Gasteiger partial charge in [-0.25, -0.2) is 8.78 Å². The van der Waals surface area contributed by atoms with Gasteiger partial charge in [-0.15, -0.1) is 0 Å². The molecule has 0 radical (unpaired) electrons. The predicted octanol–water partition coefficient (Wildman–Crippen LogP) is 3.81. The van der Waals surface area contributed by atoms with Gasteiger partial charge in [-0.05, 0) is 61.4 Å². The van der Waals surface area contributed by atoms with Crippen LogP contribution in [0.2, 0.25) is 0 Å². The highest BCUT2D eigenvalue weighted by Gasteiger charge is 2.52. The minimum Gasteiger partial charge on any atom is -0.368 e. The lowest BCUT2D eigenvalue weighted by atomic mass is 9.74. The molecule has 1 saturated heterocycles. The SMILES string of the molecule is O=C(CN1C(=O)C2(CCCC2)CC[C@H]1c1cc(F)cc(F)c1)Nc1cnc2c(c1)CC1(C2)C(=O)NC2=C1C=CCN2. The van der Waals surface area contributed by atoms with Gasteiger partial charge in [0.05, 0.1) is 23.3 Å². The Labute approximate surface area is 236 Å². The lowest BCUT2D eigenvalue weighted by molar-refractivity contribution is -0.152. The van der Waals surface area contributed by atoms with Crippen molar-refractivity contribution in [2.75, 3.05) is 18.4 Å². The Morgan fingerprint density at radius 3 is 2.63 bits per heavy atom. The van der Waals surface area contributed by atoms with Gasteiger partial charge >= 0.3 is 0 Å². The summed E-state index contributed by atoms with van der Waals surface area (Å²) in [6.07, 6.45) is 11.1. The van der Waals surface area contributed by atoms with Crippen LogP contribution >= 0.6 is 0 Å². The van der Waals surface area contributed by atoms with Gasteiger partial charge in [0.1, 0.15) is 24.0 Å². The lowest BCUT2D eigenvalue weighted by Gasteiger charge is -2.44. The Morgan fingerprint density at radius 2 is 1.85 bits per heavy atom. The maximum absolute atomic E-state index is 14.1. The summed E-state index contributed by atoms with van der Waals surface area (Å²) >= 11 is 0. The number of fused-ring (bicyclic) bond motifs is 2. The van der Waals surface area contributed by atoms with Crippen LogP contribution in [-0.4, -0.2) is 40.7 Å². The van der Waals surface area contributed by atoms with Crippen LogP contribution in [0.1, 0.15) is 61.4 Å². The van der Waals surface area contributed by atoms with Crippen LogP contribution in [0.4, 0.5) is 14.5 Å². The van der Waals surface area contributed by atoms with E-state index in [2.05, 4.69) is 20.9 Å². The molecule has 3 N–H and O–H groups in total. The number of hydrogen-bond donors (Lipinski definition) is 3. The van der Waals surface area contributed by atoms with E-state index in [0.29, 0.717) is 43.5 Å². The van der Waals surface area contributed by atoms with E-state index >= 15 is 0 Å². The van der Waals surface area contributed by atoms with Crippen LogP contribution in [0.5, 0.6) is 0 Å². The number of dihydropyridines is 1. The summed E-state index contributed by atoms with van der Waals surface area (Å²) in [5, 5.41) is 9.06. The van der Waals surface area contributed by atoms with Crippen molar-refractivity contribution in [1.29, 1.82) is 0 Å². The molecule has 8 nitrogen and oxygen atoms in total. The van der Waals surface area contributed by atoms with E-state index in [4.69, 9.17) is 0 Å². The molecule has 212 valence electrons. The average molecular weight is 560 g/mol. The monoisotopic (exact) mass is 559 g/mol. The quantitative estimate of drug-likeness (QED) is 0.529. The van der Waals surface area contributed by atoms with Crippen LogP contribution in [0, 0.1) is 22.5 Å². The average Bonchev–Trinajstić information content (AvgIpc) is 3.63. The zero-order chi connectivity index (χ0) is 28.4. The molecule has 1 aromatic heterocycles. The molecule has 2 aliphatic carbocycles. The molecule has 2 atom stereocenters. The Morgan fingerprint density at radius 1 is 1.07 bits per heavy atom. The summed E-state index contributed by atoms with van der Waals surface area (Å²) in [6, 6.07) is 4.55. The summed E-state index contributed by atoms with van der Waals surface area (Å²) < 4.78 is 28.2. The second-order valence-corrected chi connectivity index (χ2v) is 12.0. The fourth-order valence-corrected chi connectivity index (χ4v) is 7.61. The maximum Gasteiger partial charge on any atom is 0.244 e. The Bertz CT molecular complexity index is 1530. The largest absolute Gasteiger partial charge is 0.368 e. The molecule has 41 heavy (non-hydrogen) atoms. The molecule has 1 unspecified atom stereocenters. The van der Waals surface area contributed by atoms with Crippen LogP contribution in [-0.2, 0) is 27.2 Å². The molecule has 10 heteroatoms. The standard InChI is InChI=1S/C31H31F2N5O3/c32-20-10-18(11-21(33)13-20)25-5-8-30(6-1-2-7-30)29(41)38(25)17-26(39)36-22-12-19-14-31(15-24(19)35-16-22)23-4-3-9-34-27(23)37-28(31)40/h3-4,10-13,16,25,34H,1-2,5-9,14-15,17H2,(H,36,39)(H,37,40)/t25-,31?/m0/s1. The first-order valence-electron chi connectivity index (χ1n) is 14.3. The number of piperidine rings is 1. The van der Waals surface area contributed by atoms with Gasteiger partial charge in [0.2, 0.25) is 17.7 Å². The van der Waals surface area contributed by atoms with Gasteiger partial charge in [0.15, 0.2) is 0 Å². The van der Waals surface area contributed by atoms with E-state index in [1.165, 1.54) is 17.0 Å². The Hall–Kier alpha value is -4.08.